The molecule has 0 aliphatic heterocycles. The summed E-state index contributed by atoms with van der Waals surface area (Å²) < 4.78 is 49.8. The molecule has 0 aliphatic carbocycles. The number of aliphatic hydroxyl groups is 1. The van der Waals surface area contributed by atoms with Crippen molar-refractivity contribution in [2.45, 2.75) is 5.08 Å². The highest BCUT2D eigenvalue weighted by Crippen LogP contribution is 2.67. The molecule has 0 saturated heterocycles. The summed E-state index contributed by atoms with van der Waals surface area (Å²) in [5.41, 5.74) is 0. The van der Waals surface area contributed by atoms with Gasteiger partial charge in [-0.2, -0.15) is 8.42 Å². The van der Waals surface area contributed by atoms with Gasteiger partial charge in [-0.05, 0) is 0 Å². The maximum Gasteiger partial charge on any atom is 0.370 e. The van der Waals surface area contributed by atoms with Gasteiger partial charge in [0, 0.05) is 0 Å². The lowest BCUT2D eigenvalue weighted by Gasteiger charge is -2.27. The van der Waals surface area contributed by atoms with E-state index in [9.17, 15) is 17.5 Å². The number of hydrogen-bond donors (Lipinski definition) is 6. The summed E-state index contributed by atoms with van der Waals surface area (Å²) >= 11 is 0. The maximum atomic E-state index is 10.6. The summed E-state index contributed by atoms with van der Waals surface area (Å²) in [6.07, 6.45) is 0. The minimum atomic E-state index is -5.85. The Morgan fingerprint density at radius 2 is 1.27 bits per heavy atom. The van der Waals surface area contributed by atoms with Gasteiger partial charge in [-0.3, -0.25) is 13.7 Å². The van der Waals surface area contributed by atoms with Crippen molar-refractivity contribution in [2.24, 2.45) is 0 Å². The van der Waals surface area contributed by atoms with Crippen molar-refractivity contribution >= 4 is 25.3 Å². The Balaban J connectivity index is 5.67. The summed E-state index contributed by atoms with van der Waals surface area (Å²) in [6.45, 7) is 0. The topological polar surface area (TPSA) is 190 Å². The molecular formula is C2H8O10P2S. The van der Waals surface area contributed by atoms with Crippen molar-refractivity contribution in [2.75, 3.05) is 5.75 Å². The molecule has 6 N–H and O–H groups in total. The average molecular weight is 286 g/mol. The van der Waals surface area contributed by atoms with Crippen LogP contribution in [0.2, 0.25) is 0 Å². The second-order valence-electron chi connectivity index (χ2n) is 2.59. The van der Waals surface area contributed by atoms with E-state index in [1.165, 1.54) is 0 Å². The fourth-order valence-electron chi connectivity index (χ4n) is 0.583. The summed E-state index contributed by atoms with van der Waals surface area (Å²) in [4.78, 5) is 33.7. The van der Waals surface area contributed by atoms with Gasteiger partial charge in [0.15, 0.2) is 0 Å². The first-order valence-electron chi connectivity index (χ1n) is 2.99. The zero-order valence-corrected chi connectivity index (χ0v) is 9.43. The highest BCUT2D eigenvalue weighted by Gasteiger charge is 2.61. The first-order valence-corrected chi connectivity index (χ1v) is 7.83. The Morgan fingerprint density at radius 1 is 1.00 bits per heavy atom. The van der Waals surface area contributed by atoms with E-state index in [-0.39, 0.29) is 0 Å². The van der Waals surface area contributed by atoms with E-state index in [0.717, 1.165) is 0 Å². The van der Waals surface area contributed by atoms with Crippen LogP contribution in [0.4, 0.5) is 0 Å². The lowest BCUT2D eigenvalue weighted by molar-refractivity contribution is 0.146. The predicted octanol–water partition coefficient (Wildman–Crippen LogP) is -2.12. The molecule has 0 bridgehead atoms. The highest BCUT2D eigenvalue weighted by atomic mass is 32.2. The molecular weight excluding hydrogens is 278 g/mol. The summed E-state index contributed by atoms with van der Waals surface area (Å²) in [6, 6.07) is 0. The molecule has 0 heterocycles. The Kier molecular flexibility index (Phi) is 3.92. The van der Waals surface area contributed by atoms with Gasteiger partial charge in [-0.1, -0.05) is 0 Å². The van der Waals surface area contributed by atoms with Crippen molar-refractivity contribution < 1.29 is 46.8 Å². The molecule has 15 heavy (non-hydrogen) atoms. The van der Waals surface area contributed by atoms with Crippen LogP contribution in [0.5, 0.6) is 0 Å². The third-order valence-electron chi connectivity index (χ3n) is 1.31. The molecule has 0 fully saturated rings. The molecule has 0 radical (unpaired) electrons. The van der Waals surface area contributed by atoms with Crippen LogP contribution in [0, 0.1) is 0 Å². The first-order chi connectivity index (χ1) is 6.21. The molecule has 0 aromatic carbocycles. The van der Waals surface area contributed by atoms with E-state index in [1.807, 2.05) is 0 Å². The number of hydrogen-bond acceptors (Lipinski definition) is 5. The van der Waals surface area contributed by atoms with Crippen LogP contribution < -0.4 is 0 Å². The minimum Gasteiger partial charge on any atom is -0.367 e. The van der Waals surface area contributed by atoms with E-state index in [1.54, 1.807) is 0 Å². The minimum absolute atomic E-state index is 2.17. The summed E-state index contributed by atoms with van der Waals surface area (Å²) in [7, 11) is -16.9. The van der Waals surface area contributed by atoms with Crippen molar-refractivity contribution in [3.05, 3.63) is 0 Å². The van der Waals surface area contributed by atoms with Gasteiger partial charge in [-0.25, -0.2) is 0 Å². The second kappa shape index (κ2) is 3.88. The van der Waals surface area contributed by atoms with Gasteiger partial charge in [-0.15, -0.1) is 0 Å². The van der Waals surface area contributed by atoms with Gasteiger partial charge in [0.05, 0.1) is 0 Å². The van der Waals surface area contributed by atoms with E-state index < -0.39 is 36.1 Å². The van der Waals surface area contributed by atoms with Crippen LogP contribution in [0.25, 0.3) is 0 Å². The average Bonchev–Trinajstić information content (AvgIpc) is 1.77. The van der Waals surface area contributed by atoms with Crippen LogP contribution in [0.3, 0.4) is 0 Å². The van der Waals surface area contributed by atoms with Crippen LogP contribution in [0.1, 0.15) is 0 Å². The molecule has 0 spiro atoms. The van der Waals surface area contributed by atoms with E-state index in [2.05, 4.69) is 0 Å². The fourth-order valence-corrected chi connectivity index (χ4v) is 4.75. The van der Waals surface area contributed by atoms with Crippen molar-refractivity contribution in [3.8, 4) is 0 Å². The van der Waals surface area contributed by atoms with E-state index in [4.69, 9.17) is 29.2 Å². The zero-order chi connectivity index (χ0) is 12.7. The number of rotatable bonds is 4. The van der Waals surface area contributed by atoms with Gasteiger partial charge >= 0.3 is 15.2 Å². The fraction of sp³-hybridized carbons (Fsp3) is 1.00. The lowest BCUT2D eigenvalue weighted by Crippen LogP contribution is -2.36. The largest absolute Gasteiger partial charge is 0.370 e. The Bertz CT molecular complexity index is 400. The van der Waals surface area contributed by atoms with Crippen LogP contribution in [-0.2, 0) is 19.2 Å². The maximum absolute atomic E-state index is 10.6. The van der Waals surface area contributed by atoms with Gasteiger partial charge in [0.2, 0.25) is 0 Å². The third kappa shape index (κ3) is 3.59. The monoisotopic (exact) mass is 286 g/mol. The smallest absolute Gasteiger partial charge is 0.367 e. The van der Waals surface area contributed by atoms with Crippen molar-refractivity contribution in [1.29, 1.82) is 0 Å². The van der Waals surface area contributed by atoms with Crippen molar-refractivity contribution in [3.63, 3.8) is 0 Å². The quantitative estimate of drug-likeness (QED) is 0.246. The second-order valence-corrected chi connectivity index (χ2v) is 8.05. The van der Waals surface area contributed by atoms with Gasteiger partial charge in [0.25, 0.3) is 15.2 Å². The van der Waals surface area contributed by atoms with Crippen LogP contribution in [-0.4, -0.2) is 48.5 Å². The van der Waals surface area contributed by atoms with Crippen LogP contribution in [0.15, 0.2) is 0 Å². The van der Waals surface area contributed by atoms with Crippen LogP contribution >= 0.6 is 15.2 Å². The Labute approximate surface area is 83.6 Å². The standard InChI is InChI=1S/C2H8O10P2S/c3-2(13(4,5)6,14(7,8)9)1-15(10,11)12/h3H,1H2,(H2,4,5,6)(H2,7,8,9)(H,10,11,12). The van der Waals surface area contributed by atoms with Gasteiger partial charge in [0.1, 0.15) is 5.75 Å². The Morgan fingerprint density at radius 3 is 1.33 bits per heavy atom. The molecule has 0 amide bonds. The molecule has 0 unspecified atom stereocenters. The predicted molar refractivity (Wildman–Crippen MR) is 45.5 cm³/mol. The summed E-state index contributed by atoms with van der Waals surface area (Å²) in [5.74, 6) is -2.17. The lowest BCUT2D eigenvalue weighted by atomic mass is 10.8. The third-order valence-corrected chi connectivity index (χ3v) is 6.26. The highest BCUT2D eigenvalue weighted by molar-refractivity contribution is 7.87. The summed E-state index contributed by atoms with van der Waals surface area (Å²) in [5, 5.41) is 4.81. The molecule has 13 heteroatoms. The molecule has 0 aromatic heterocycles. The molecule has 0 atom stereocenters. The van der Waals surface area contributed by atoms with Crippen molar-refractivity contribution in [1.82, 2.24) is 0 Å². The Hall–Kier alpha value is 0.170. The SMILES string of the molecule is O=P(O)(O)C(O)(CS(=O)(=O)O)P(=O)(O)O. The first kappa shape index (κ1) is 15.2. The molecule has 10 nitrogen and oxygen atoms in total. The normalized spacial score (nSPS) is 15.3. The molecule has 0 saturated carbocycles. The molecule has 0 rings (SSSR count). The zero-order valence-electron chi connectivity index (χ0n) is 6.83. The molecule has 92 valence electrons. The van der Waals surface area contributed by atoms with E-state index in [0.29, 0.717) is 0 Å². The molecule has 0 aromatic rings. The van der Waals surface area contributed by atoms with E-state index >= 15 is 0 Å². The molecule has 0 aliphatic rings. The van der Waals surface area contributed by atoms with Gasteiger partial charge < -0.3 is 24.7 Å².